The number of hydrogen-bond acceptors (Lipinski definition) is 14. The molecule has 0 unspecified atom stereocenters. The maximum absolute atomic E-state index is 11.3. The van der Waals surface area contributed by atoms with Crippen LogP contribution in [0.2, 0.25) is 0 Å². The van der Waals surface area contributed by atoms with E-state index >= 15 is 0 Å². The fourth-order valence-corrected chi connectivity index (χ4v) is 5.96. The number of nitrogens with zero attached hydrogens (tertiary/aromatic N) is 5. The van der Waals surface area contributed by atoms with Gasteiger partial charge >= 0.3 is 0 Å². The molecule has 5 N–H and O–H groups in total. The lowest BCUT2D eigenvalue weighted by Crippen LogP contribution is -2.12. The molecule has 16 nitrogen and oxygen atoms in total. The Hall–Kier alpha value is -7.67. The van der Waals surface area contributed by atoms with E-state index in [0.29, 0.717) is 52.8 Å². The van der Waals surface area contributed by atoms with Crippen molar-refractivity contribution in [1.29, 1.82) is 10.5 Å². The second-order valence-corrected chi connectivity index (χ2v) is 15.4. The third-order valence-electron chi connectivity index (χ3n) is 8.79. The largest absolute Gasteiger partial charge is 0.497 e. The van der Waals surface area contributed by atoms with E-state index in [1.165, 1.54) is 30.4 Å². The summed E-state index contributed by atoms with van der Waals surface area (Å²) in [5.41, 5.74) is 13.5. The number of rotatable bonds is 14. The van der Waals surface area contributed by atoms with Crippen LogP contribution in [0.4, 0.5) is 34.1 Å². The Morgan fingerprint density at radius 2 is 1.51 bits per heavy atom. The minimum atomic E-state index is -4.01. The Kier molecular flexibility index (Phi) is 20.7. The number of anilines is 3. The van der Waals surface area contributed by atoms with Crippen LogP contribution in [-0.4, -0.2) is 33.7 Å². The number of sulfonamides is 1. The van der Waals surface area contributed by atoms with E-state index < -0.39 is 14.9 Å². The second-order valence-electron chi connectivity index (χ2n) is 13.8. The van der Waals surface area contributed by atoms with Gasteiger partial charge in [0.1, 0.15) is 41.6 Å². The third kappa shape index (κ3) is 17.2. The number of nitro benzene ring substituents is 1. The van der Waals surface area contributed by atoms with Gasteiger partial charge in [0.25, 0.3) is 5.69 Å². The lowest BCUT2D eigenvalue weighted by molar-refractivity contribution is -0.384. The summed E-state index contributed by atoms with van der Waals surface area (Å²) in [5, 5.41) is 45.5. The number of primary sulfonamides is 1. The van der Waals surface area contributed by atoms with E-state index in [2.05, 4.69) is 46.4 Å². The molecule has 0 fully saturated rings. The fourth-order valence-electron chi connectivity index (χ4n) is 5.43. The topological polar surface area (TPSA) is 254 Å². The van der Waals surface area contributed by atoms with Gasteiger partial charge in [-0.05, 0) is 136 Å². The van der Waals surface area contributed by atoms with Gasteiger partial charge in [-0.1, -0.05) is 36.4 Å². The fraction of sp³-hybridized carbons (Fsp3) is 0.208. The van der Waals surface area contributed by atoms with E-state index in [1.807, 2.05) is 58.9 Å². The first-order valence-electron chi connectivity index (χ1n) is 19.9. The first kappa shape index (κ1) is 51.7. The van der Waals surface area contributed by atoms with Crippen LogP contribution >= 0.6 is 0 Å². The lowest BCUT2D eigenvalue weighted by Gasteiger charge is -2.09. The number of nitriles is 2. The predicted molar refractivity (Wildman–Crippen MR) is 252 cm³/mol. The minimum absolute atomic E-state index is 0.155. The summed E-state index contributed by atoms with van der Waals surface area (Å²) < 4.78 is 42.9. The Morgan fingerprint density at radius 3 is 2.02 bits per heavy atom. The van der Waals surface area contributed by atoms with Crippen molar-refractivity contribution in [2.24, 2.45) is 15.4 Å². The first-order chi connectivity index (χ1) is 31.0. The van der Waals surface area contributed by atoms with Gasteiger partial charge in [0.15, 0.2) is 0 Å². The summed E-state index contributed by atoms with van der Waals surface area (Å²) in [6.07, 6.45) is 1.65. The zero-order chi connectivity index (χ0) is 47.9. The Bertz CT molecular complexity index is 2690. The second kappa shape index (κ2) is 26.1. The van der Waals surface area contributed by atoms with Crippen LogP contribution in [0.5, 0.6) is 5.75 Å². The molecule has 0 bridgehead atoms. The molecule has 0 saturated heterocycles. The Balaban J connectivity index is 0.000000242. The number of methoxy groups -OCH3 is 1. The summed E-state index contributed by atoms with van der Waals surface area (Å²) in [6, 6.07) is 35.0. The molecule has 0 aliphatic rings. The van der Waals surface area contributed by atoms with E-state index in [-0.39, 0.29) is 16.3 Å². The molecule has 338 valence electrons. The molecule has 6 rings (SSSR count). The smallest absolute Gasteiger partial charge is 0.294 e. The van der Waals surface area contributed by atoms with E-state index in [9.17, 15) is 29.1 Å². The molecule has 0 aliphatic heterocycles. The lowest BCUT2D eigenvalue weighted by atomic mass is 10.1. The summed E-state index contributed by atoms with van der Waals surface area (Å²) in [5.74, 6) is 1.53. The molecule has 0 atom stereocenters. The van der Waals surface area contributed by atoms with Crippen LogP contribution < -0.4 is 20.9 Å². The number of allylic oxidation sites excluding steroid dienone is 1. The minimum Gasteiger partial charge on any atom is -0.497 e. The molecule has 1 aromatic heterocycles. The van der Waals surface area contributed by atoms with Gasteiger partial charge in [-0.15, -0.1) is 5.11 Å². The average molecular weight is 901 g/mol. The van der Waals surface area contributed by atoms with Gasteiger partial charge in [-0.3, -0.25) is 10.1 Å². The van der Waals surface area contributed by atoms with Crippen LogP contribution in [0.1, 0.15) is 59.9 Å². The molecule has 0 aliphatic carbocycles. The van der Waals surface area contributed by atoms with E-state index in [4.69, 9.17) is 29.5 Å². The number of hydrogen-bond donors (Lipinski definition) is 3. The normalized spacial score (nSPS) is 10.4. The molecule has 0 saturated carbocycles. The molecule has 1 heterocycles. The first-order valence-corrected chi connectivity index (χ1v) is 21.5. The number of furan rings is 1. The monoisotopic (exact) mass is 900 g/mol. The summed E-state index contributed by atoms with van der Waals surface area (Å²) >= 11 is 0. The van der Waals surface area contributed by atoms with Gasteiger partial charge in [0, 0.05) is 30.7 Å². The SMILES string of the molecule is C=C(C)c1ccc(COCC)cc1.CCOCc1ccco1.COc1ccc(Nc2ccc(S(N)(=O)=O)cc2[N+](=O)[O-])cc1.Cc1cc(C#N)c(N=Nc2ccc(N)cc2C)c(C#N)c1. The summed E-state index contributed by atoms with van der Waals surface area (Å²) in [4.78, 5) is 10.1. The highest BCUT2D eigenvalue weighted by molar-refractivity contribution is 7.89. The number of nitro groups is 1. The molecule has 6 aromatic rings. The molecule has 65 heavy (non-hydrogen) atoms. The van der Waals surface area contributed by atoms with Crippen LogP contribution in [-0.2, 0) is 32.7 Å². The summed E-state index contributed by atoms with van der Waals surface area (Å²) in [6.45, 7) is 16.3. The maximum atomic E-state index is 11.3. The highest BCUT2D eigenvalue weighted by Gasteiger charge is 2.19. The molecule has 0 amide bonds. The van der Waals surface area contributed by atoms with E-state index in [1.54, 1.807) is 60.9 Å². The molecule has 5 aromatic carbocycles. The van der Waals surface area contributed by atoms with E-state index in [0.717, 1.165) is 41.7 Å². The van der Waals surface area contributed by atoms with Crippen molar-refractivity contribution in [1.82, 2.24) is 0 Å². The van der Waals surface area contributed by atoms with Crippen molar-refractivity contribution in [3.63, 3.8) is 0 Å². The van der Waals surface area contributed by atoms with Crippen LogP contribution in [0.25, 0.3) is 5.57 Å². The average Bonchev–Trinajstić information content (AvgIpc) is 3.82. The van der Waals surface area contributed by atoms with Crippen molar-refractivity contribution >= 4 is 49.7 Å². The van der Waals surface area contributed by atoms with Gasteiger partial charge in [-0.2, -0.15) is 15.6 Å². The number of aryl methyl sites for hydroxylation is 2. The zero-order valence-corrected chi connectivity index (χ0v) is 37.9. The van der Waals surface area contributed by atoms with Crippen LogP contribution in [0.3, 0.4) is 0 Å². The highest BCUT2D eigenvalue weighted by atomic mass is 32.2. The molecule has 0 spiro atoms. The molecular weight excluding hydrogens is 849 g/mol. The quantitative estimate of drug-likeness (QED) is 0.0399. The number of nitrogens with two attached hydrogens (primary N) is 2. The van der Waals surface area contributed by atoms with Crippen LogP contribution in [0.15, 0.2) is 142 Å². The van der Waals surface area contributed by atoms with Gasteiger partial charge in [0.2, 0.25) is 10.0 Å². The maximum Gasteiger partial charge on any atom is 0.294 e. The summed E-state index contributed by atoms with van der Waals surface area (Å²) in [7, 11) is -2.48. The Morgan fingerprint density at radius 1 is 0.877 bits per heavy atom. The third-order valence-corrected chi connectivity index (χ3v) is 9.70. The molecule has 0 radical (unpaired) electrons. The van der Waals surface area contributed by atoms with Gasteiger partial charge in [-0.25, -0.2) is 13.6 Å². The standard InChI is InChI=1S/C16H13N5.C13H13N3O5S.C12H16O.C7H10O2/c1-10-5-12(8-17)16(13(6-10)9-18)21-20-15-4-3-14(19)7-11(15)2;1-21-10-4-2-9(3-5-10)15-12-7-6-11(22(14,19)20)8-13(12)16(17)18;1-4-13-9-11-5-7-12(8-6-11)10(2)3;1-2-8-6-7-4-3-5-9-7/h3-7H,19H2,1-2H3;2-8,15H,1H3,(H2,14,19,20);5-8H,2,4,9H2,1,3H3;3-5H,2,6H2,1H3. The van der Waals surface area contributed by atoms with Gasteiger partial charge in [0.05, 0.1) is 46.6 Å². The van der Waals surface area contributed by atoms with Crippen molar-refractivity contribution in [3.05, 3.63) is 171 Å². The van der Waals surface area contributed by atoms with Crippen molar-refractivity contribution in [2.45, 2.75) is 52.7 Å². The molecule has 17 heteroatoms. The number of nitrogen functional groups attached to an aromatic ring is 1. The van der Waals surface area contributed by atoms with Crippen molar-refractivity contribution in [2.75, 3.05) is 31.4 Å². The van der Waals surface area contributed by atoms with Crippen molar-refractivity contribution in [3.8, 4) is 17.9 Å². The highest BCUT2D eigenvalue weighted by Crippen LogP contribution is 2.31. The number of azo groups is 1. The van der Waals surface area contributed by atoms with Gasteiger partial charge < -0.3 is 29.7 Å². The van der Waals surface area contributed by atoms with Crippen LogP contribution in [0, 0.1) is 46.6 Å². The number of benzene rings is 5. The molecular formula is C48H52N8O8S. The Labute approximate surface area is 379 Å². The predicted octanol–water partition coefficient (Wildman–Crippen LogP) is 11.1. The zero-order valence-electron chi connectivity index (χ0n) is 37.1. The number of ether oxygens (including phenoxy) is 3. The van der Waals surface area contributed by atoms with Crippen molar-refractivity contribution < 1.29 is 32.0 Å². The number of nitrogens with one attached hydrogen (secondary N) is 1.